The van der Waals surface area contributed by atoms with Gasteiger partial charge in [0.05, 0.1) is 6.20 Å². The van der Waals surface area contributed by atoms with Crippen LogP contribution in [0.25, 0.3) is 11.1 Å². The molecule has 0 atom stereocenters. The number of aryl methyl sites for hydroxylation is 2. The number of halogens is 1. The van der Waals surface area contributed by atoms with Crippen LogP contribution >= 0.6 is 0 Å². The first kappa shape index (κ1) is 12.4. The normalized spacial score (nSPS) is 9.56. The summed E-state index contributed by atoms with van der Waals surface area (Å²) in [6, 6.07) is 5.21. The molecule has 3 heteroatoms. The second kappa shape index (κ2) is 5.45. The van der Waals surface area contributed by atoms with Gasteiger partial charge in [0, 0.05) is 18.8 Å². The van der Waals surface area contributed by atoms with Crippen LogP contribution in [-0.2, 0) is 7.05 Å². The van der Waals surface area contributed by atoms with Crippen LogP contribution in [0.2, 0.25) is 0 Å². The molecule has 1 aromatic carbocycles. The third-order valence-corrected chi connectivity index (χ3v) is 2.21. The SMILES string of the molecule is CC.Cc1ccc(-c2cnn(C)c2)cc1F. The summed E-state index contributed by atoms with van der Waals surface area (Å²) in [5.41, 5.74) is 2.46. The molecule has 0 N–H and O–H groups in total. The van der Waals surface area contributed by atoms with Crippen LogP contribution in [-0.4, -0.2) is 9.78 Å². The first-order valence-corrected chi connectivity index (χ1v) is 5.42. The van der Waals surface area contributed by atoms with E-state index >= 15 is 0 Å². The first-order chi connectivity index (χ1) is 7.66. The summed E-state index contributed by atoms with van der Waals surface area (Å²) in [6.45, 7) is 5.75. The molecular weight excluding hydrogens is 203 g/mol. The molecule has 86 valence electrons. The van der Waals surface area contributed by atoms with Crippen molar-refractivity contribution in [2.45, 2.75) is 20.8 Å². The Bertz CT molecular complexity index is 461. The summed E-state index contributed by atoms with van der Waals surface area (Å²) >= 11 is 0. The van der Waals surface area contributed by atoms with Gasteiger partial charge in [-0.3, -0.25) is 4.68 Å². The van der Waals surface area contributed by atoms with E-state index in [1.165, 1.54) is 6.07 Å². The number of hydrogen-bond acceptors (Lipinski definition) is 1. The van der Waals surface area contributed by atoms with E-state index in [0.717, 1.165) is 11.1 Å². The standard InChI is InChI=1S/C11H11FN2.C2H6/c1-8-3-4-9(5-11(8)12)10-6-13-14(2)7-10;1-2/h3-7H,1-2H3;1-2H3. The molecule has 0 saturated heterocycles. The van der Waals surface area contributed by atoms with E-state index in [0.29, 0.717) is 5.56 Å². The summed E-state index contributed by atoms with van der Waals surface area (Å²) in [6.07, 6.45) is 3.59. The molecule has 0 radical (unpaired) electrons. The second-order valence-corrected chi connectivity index (χ2v) is 3.37. The van der Waals surface area contributed by atoms with Gasteiger partial charge in [0.15, 0.2) is 0 Å². The zero-order valence-electron chi connectivity index (χ0n) is 10.2. The lowest BCUT2D eigenvalue weighted by Crippen LogP contribution is -1.85. The quantitative estimate of drug-likeness (QED) is 0.718. The van der Waals surface area contributed by atoms with E-state index in [2.05, 4.69) is 5.10 Å². The zero-order valence-corrected chi connectivity index (χ0v) is 10.2. The second-order valence-electron chi connectivity index (χ2n) is 3.37. The molecule has 0 aliphatic heterocycles. The highest BCUT2D eigenvalue weighted by Crippen LogP contribution is 2.20. The molecule has 0 saturated carbocycles. The summed E-state index contributed by atoms with van der Waals surface area (Å²) in [4.78, 5) is 0. The van der Waals surface area contributed by atoms with Crippen molar-refractivity contribution in [3.8, 4) is 11.1 Å². The Kier molecular flexibility index (Phi) is 4.23. The Morgan fingerprint density at radius 3 is 2.38 bits per heavy atom. The minimum Gasteiger partial charge on any atom is -0.275 e. The van der Waals surface area contributed by atoms with Crippen LogP contribution in [0.4, 0.5) is 4.39 Å². The van der Waals surface area contributed by atoms with Gasteiger partial charge >= 0.3 is 0 Å². The lowest BCUT2D eigenvalue weighted by atomic mass is 10.1. The molecule has 0 unspecified atom stereocenters. The van der Waals surface area contributed by atoms with Gasteiger partial charge in [-0.25, -0.2) is 4.39 Å². The van der Waals surface area contributed by atoms with Crippen molar-refractivity contribution in [1.82, 2.24) is 9.78 Å². The number of rotatable bonds is 1. The Balaban J connectivity index is 0.000000606. The van der Waals surface area contributed by atoms with E-state index in [-0.39, 0.29) is 5.82 Å². The monoisotopic (exact) mass is 220 g/mol. The average Bonchev–Trinajstić information content (AvgIpc) is 2.72. The molecular formula is C13H17FN2. The number of benzene rings is 1. The number of hydrogen-bond donors (Lipinski definition) is 0. The molecule has 2 rings (SSSR count). The highest BCUT2D eigenvalue weighted by atomic mass is 19.1. The molecule has 2 aromatic rings. The molecule has 0 bridgehead atoms. The van der Waals surface area contributed by atoms with Crippen molar-refractivity contribution in [2.75, 3.05) is 0 Å². The number of aromatic nitrogens is 2. The molecule has 0 fully saturated rings. The largest absolute Gasteiger partial charge is 0.275 e. The van der Waals surface area contributed by atoms with E-state index in [1.54, 1.807) is 23.9 Å². The first-order valence-electron chi connectivity index (χ1n) is 5.42. The summed E-state index contributed by atoms with van der Waals surface area (Å²) in [5.74, 6) is -0.175. The highest BCUT2D eigenvalue weighted by Gasteiger charge is 2.03. The maximum atomic E-state index is 13.2. The predicted molar refractivity (Wildman–Crippen MR) is 64.7 cm³/mol. The summed E-state index contributed by atoms with van der Waals surface area (Å²) < 4.78 is 14.9. The van der Waals surface area contributed by atoms with Gasteiger partial charge in [0.25, 0.3) is 0 Å². The van der Waals surface area contributed by atoms with Gasteiger partial charge in [-0.05, 0) is 24.1 Å². The van der Waals surface area contributed by atoms with Gasteiger partial charge < -0.3 is 0 Å². The van der Waals surface area contributed by atoms with Crippen LogP contribution in [0.1, 0.15) is 19.4 Å². The Morgan fingerprint density at radius 1 is 1.19 bits per heavy atom. The number of nitrogens with zero attached hydrogens (tertiary/aromatic N) is 2. The molecule has 0 spiro atoms. The Morgan fingerprint density at radius 2 is 1.88 bits per heavy atom. The van der Waals surface area contributed by atoms with Crippen molar-refractivity contribution < 1.29 is 4.39 Å². The third kappa shape index (κ3) is 2.69. The maximum Gasteiger partial charge on any atom is 0.126 e. The average molecular weight is 220 g/mol. The molecule has 0 aliphatic carbocycles. The van der Waals surface area contributed by atoms with Crippen molar-refractivity contribution in [3.63, 3.8) is 0 Å². The van der Waals surface area contributed by atoms with Gasteiger partial charge in [-0.1, -0.05) is 26.0 Å². The van der Waals surface area contributed by atoms with Crippen molar-refractivity contribution in [1.29, 1.82) is 0 Å². The molecule has 16 heavy (non-hydrogen) atoms. The smallest absolute Gasteiger partial charge is 0.126 e. The summed E-state index contributed by atoms with van der Waals surface area (Å²) in [7, 11) is 1.84. The van der Waals surface area contributed by atoms with Gasteiger partial charge in [0.1, 0.15) is 5.82 Å². The van der Waals surface area contributed by atoms with Crippen molar-refractivity contribution in [3.05, 3.63) is 42.0 Å². The minimum absolute atomic E-state index is 0.175. The zero-order chi connectivity index (χ0) is 12.1. The third-order valence-electron chi connectivity index (χ3n) is 2.21. The van der Waals surface area contributed by atoms with Crippen LogP contribution in [0.3, 0.4) is 0 Å². The van der Waals surface area contributed by atoms with Crippen LogP contribution in [0, 0.1) is 12.7 Å². The van der Waals surface area contributed by atoms with Gasteiger partial charge in [-0.2, -0.15) is 5.10 Å². The van der Waals surface area contributed by atoms with Crippen LogP contribution in [0.5, 0.6) is 0 Å². The van der Waals surface area contributed by atoms with E-state index in [9.17, 15) is 4.39 Å². The van der Waals surface area contributed by atoms with E-state index < -0.39 is 0 Å². The highest BCUT2D eigenvalue weighted by molar-refractivity contribution is 5.62. The van der Waals surface area contributed by atoms with Crippen molar-refractivity contribution >= 4 is 0 Å². The predicted octanol–water partition coefficient (Wildman–Crippen LogP) is 3.56. The van der Waals surface area contributed by atoms with Crippen LogP contribution in [0.15, 0.2) is 30.6 Å². The molecule has 1 aromatic heterocycles. The van der Waals surface area contributed by atoms with E-state index in [4.69, 9.17) is 0 Å². The summed E-state index contributed by atoms with van der Waals surface area (Å²) in [5, 5.41) is 4.04. The fourth-order valence-electron chi connectivity index (χ4n) is 1.34. The maximum absolute atomic E-state index is 13.2. The fourth-order valence-corrected chi connectivity index (χ4v) is 1.34. The topological polar surface area (TPSA) is 17.8 Å². The Labute approximate surface area is 95.7 Å². The lowest BCUT2D eigenvalue weighted by Gasteiger charge is -1.99. The molecule has 1 heterocycles. The van der Waals surface area contributed by atoms with Crippen molar-refractivity contribution in [2.24, 2.45) is 7.05 Å². The molecule has 2 nitrogen and oxygen atoms in total. The molecule has 0 aliphatic rings. The Hall–Kier alpha value is -1.64. The molecule has 0 amide bonds. The van der Waals surface area contributed by atoms with Gasteiger partial charge in [-0.15, -0.1) is 0 Å². The van der Waals surface area contributed by atoms with Gasteiger partial charge in [0.2, 0.25) is 0 Å². The lowest BCUT2D eigenvalue weighted by molar-refractivity contribution is 0.619. The minimum atomic E-state index is -0.175. The van der Waals surface area contributed by atoms with E-state index in [1.807, 2.05) is 33.2 Å². The van der Waals surface area contributed by atoms with Crippen LogP contribution < -0.4 is 0 Å². The fraction of sp³-hybridized carbons (Fsp3) is 0.308.